The van der Waals surface area contributed by atoms with Crippen molar-refractivity contribution < 1.29 is 9.53 Å². The second kappa shape index (κ2) is 9.39. The summed E-state index contributed by atoms with van der Waals surface area (Å²) in [5.41, 5.74) is 1.29. The zero-order valence-electron chi connectivity index (χ0n) is 16.8. The van der Waals surface area contributed by atoms with E-state index >= 15 is 0 Å². The van der Waals surface area contributed by atoms with Crippen LogP contribution in [-0.4, -0.2) is 54.8 Å². The fourth-order valence-electron chi connectivity index (χ4n) is 3.72. The molecule has 1 saturated heterocycles. The van der Waals surface area contributed by atoms with Gasteiger partial charge in [0.1, 0.15) is 11.6 Å². The van der Waals surface area contributed by atoms with Crippen LogP contribution in [0.5, 0.6) is 0 Å². The molecular weight excluding hydrogens is 368 g/mol. The lowest BCUT2D eigenvalue weighted by atomic mass is 10.1. The van der Waals surface area contributed by atoms with Gasteiger partial charge in [-0.15, -0.1) is 0 Å². The largest absolute Gasteiger partial charge is 0.380 e. The highest BCUT2D eigenvalue weighted by Gasteiger charge is 2.25. The molecule has 1 aliphatic heterocycles. The summed E-state index contributed by atoms with van der Waals surface area (Å²) in [4.78, 5) is 28.8. The number of piperazine rings is 1. The van der Waals surface area contributed by atoms with E-state index in [1.807, 2.05) is 36.1 Å². The number of carbonyl (C=O) groups excluding carboxylic acids is 1. The minimum absolute atomic E-state index is 0.0995. The summed E-state index contributed by atoms with van der Waals surface area (Å²) in [5.74, 6) is -0.0995. The van der Waals surface area contributed by atoms with Crippen LogP contribution in [0.3, 0.4) is 0 Å². The SMILES string of the molecule is C=CC(=O)N1CCN(c2c(C#N)c(=O)n(CCOCCC)c3ccccc23)CC1. The number of rotatable bonds is 7. The fraction of sp³-hybridized carbons (Fsp3) is 0.409. The van der Waals surface area contributed by atoms with Crippen molar-refractivity contribution >= 4 is 22.5 Å². The Hall–Kier alpha value is -3.11. The highest BCUT2D eigenvalue weighted by molar-refractivity contribution is 5.95. The maximum atomic E-state index is 13.1. The Labute approximate surface area is 170 Å². The molecule has 0 bridgehead atoms. The van der Waals surface area contributed by atoms with Crippen LogP contribution in [0.1, 0.15) is 18.9 Å². The van der Waals surface area contributed by atoms with Gasteiger partial charge in [-0.2, -0.15) is 5.26 Å². The first-order valence-corrected chi connectivity index (χ1v) is 9.92. The Bertz CT molecular complexity index is 998. The Balaban J connectivity index is 2.00. The third-order valence-corrected chi connectivity index (χ3v) is 5.15. The number of carbonyl (C=O) groups is 1. The van der Waals surface area contributed by atoms with Crippen LogP contribution in [0.15, 0.2) is 41.7 Å². The van der Waals surface area contributed by atoms with Crippen LogP contribution in [0, 0.1) is 11.3 Å². The second-order valence-corrected chi connectivity index (χ2v) is 6.94. The topological polar surface area (TPSA) is 78.6 Å². The summed E-state index contributed by atoms with van der Waals surface area (Å²) in [6.45, 7) is 9.20. The summed E-state index contributed by atoms with van der Waals surface area (Å²) >= 11 is 0. The molecular formula is C22H26N4O3. The number of para-hydroxylation sites is 1. The molecule has 0 unspecified atom stereocenters. The van der Waals surface area contributed by atoms with E-state index in [4.69, 9.17) is 4.74 Å². The maximum Gasteiger partial charge on any atom is 0.271 e. The first-order chi connectivity index (χ1) is 14.1. The Morgan fingerprint density at radius 2 is 1.97 bits per heavy atom. The summed E-state index contributed by atoms with van der Waals surface area (Å²) in [7, 11) is 0. The van der Waals surface area contributed by atoms with Crippen molar-refractivity contribution in [1.29, 1.82) is 5.26 Å². The highest BCUT2D eigenvalue weighted by atomic mass is 16.5. The van der Waals surface area contributed by atoms with Crippen LogP contribution in [0.4, 0.5) is 5.69 Å². The van der Waals surface area contributed by atoms with Crippen LogP contribution in [0.2, 0.25) is 0 Å². The van der Waals surface area contributed by atoms with Gasteiger partial charge in [0, 0.05) is 44.7 Å². The minimum atomic E-state index is -0.300. The Morgan fingerprint density at radius 3 is 2.62 bits per heavy atom. The number of anilines is 1. The van der Waals surface area contributed by atoms with E-state index in [2.05, 4.69) is 12.6 Å². The number of hydrogen-bond acceptors (Lipinski definition) is 5. The summed E-state index contributed by atoms with van der Waals surface area (Å²) in [5, 5.41) is 10.7. The number of benzene rings is 1. The summed E-state index contributed by atoms with van der Waals surface area (Å²) in [6, 6.07) is 9.77. The number of aromatic nitrogens is 1. The van der Waals surface area contributed by atoms with Crippen molar-refractivity contribution in [3.8, 4) is 6.07 Å². The molecule has 1 aromatic carbocycles. The predicted octanol–water partition coefficient (Wildman–Crippen LogP) is 2.13. The van der Waals surface area contributed by atoms with E-state index in [-0.39, 0.29) is 17.0 Å². The molecule has 0 N–H and O–H groups in total. The van der Waals surface area contributed by atoms with E-state index in [1.54, 1.807) is 9.47 Å². The molecule has 1 aliphatic rings. The standard InChI is InChI=1S/C22H26N4O3/c1-3-14-29-15-13-26-19-8-6-5-7-17(19)21(18(16-23)22(26)28)25-11-9-24(10-12-25)20(27)4-2/h4-8H,2-3,9-15H2,1H3. The fourth-order valence-corrected chi connectivity index (χ4v) is 3.72. The van der Waals surface area contributed by atoms with E-state index in [0.717, 1.165) is 17.3 Å². The molecule has 152 valence electrons. The highest BCUT2D eigenvalue weighted by Crippen LogP contribution is 2.29. The lowest BCUT2D eigenvalue weighted by Crippen LogP contribution is -2.49. The Morgan fingerprint density at radius 1 is 1.24 bits per heavy atom. The number of nitrogens with zero attached hydrogens (tertiary/aromatic N) is 4. The van der Waals surface area contributed by atoms with Gasteiger partial charge in [-0.25, -0.2) is 0 Å². The third kappa shape index (κ3) is 4.17. The average Bonchev–Trinajstić information content (AvgIpc) is 2.76. The van der Waals surface area contributed by atoms with E-state index < -0.39 is 0 Å². The molecule has 2 heterocycles. The lowest BCUT2D eigenvalue weighted by molar-refractivity contribution is -0.126. The summed E-state index contributed by atoms with van der Waals surface area (Å²) < 4.78 is 7.19. The molecule has 0 aliphatic carbocycles. The van der Waals surface area contributed by atoms with Crippen molar-refractivity contribution in [3.63, 3.8) is 0 Å². The van der Waals surface area contributed by atoms with Gasteiger partial charge in [-0.05, 0) is 18.6 Å². The Kier molecular flexibility index (Phi) is 6.68. The zero-order chi connectivity index (χ0) is 20.8. The van der Waals surface area contributed by atoms with Crippen molar-refractivity contribution in [2.75, 3.05) is 44.3 Å². The first-order valence-electron chi connectivity index (χ1n) is 9.92. The minimum Gasteiger partial charge on any atom is -0.380 e. The molecule has 29 heavy (non-hydrogen) atoms. The predicted molar refractivity (Wildman–Crippen MR) is 113 cm³/mol. The number of nitriles is 1. The van der Waals surface area contributed by atoms with E-state index in [0.29, 0.717) is 51.6 Å². The van der Waals surface area contributed by atoms with E-state index in [9.17, 15) is 14.9 Å². The number of amides is 1. The average molecular weight is 394 g/mol. The van der Waals surface area contributed by atoms with Crippen molar-refractivity contribution in [1.82, 2.24) is 9.47 Å². The van der Waals surface area contributed by atoms with Crippen LogP contribution in [0.25, 0.3) is 10.9 Å². The number of ether oxygens (including phenoxy) is 1. The number of pyridine rings is 1. The monoisotopic (exact) mass is 394 g/mol. The molecule has 0 radical (unpaired) electrons. The zero-order valence-corrected chi connectivity index (χ0v) is 16.8. The van der Waals surface area contributed by atoms with Crippen LogP contribution >= 0.6 is 0 Å². The lowest BCUT2D eigenvalue weighted by Gasteiger charge is -2.36. The molecule has 0 spiro atoms. The van der Waals surface area contributed by atoms with Crippen molar-refractivity contribution in [2.45, 2.75) is 19.9 Å². The van der Waals surface area contributed by atoms with Gasteiger partial charge in [0.05, 0.1) is 17.8 Å². The molecule has 3 rings (SSSR count). The normalized spacial score (nSPS) is 14.1. The van der Waals surface area contributed by atoms with Gasteiger partial charge in [-0.3, -0.25) is 9.59 Å². The van der Waals surface area contributed by atoms with Gasteiger partial charge >= 0.3 is 0 Å². The quantitative estimate of drug-likeness (QED) is 0.531. The molecule has 0 atom stereocenters. The molecule has 7 heteroatoms. The first kappa shape index (κ1) is 20.6. The molecule has 2 aromatic rings. The molecule has 0 saturated carbocycles. The van der Waals surface area contributed by atoms with Gasteiger partial charge in [0.2, 0.25) is 5.91 Å². The van der Waals surface area contributed by atoms with Gasteiger partial charge < -0.3 is 19.1 Å². The smallest absolute Gasteiger partial charge is 0.271 e. The summed E-state index contributed by atoms with van der Waals surface area (Å²) in [6.07, 6.45) is 2.23. The van der Waals surface area contributed by atoms with Crippen LogP contribution < -0.4 is 10.5 Å². The maximum absolute atomic E-state index is 13.1. The van der Waals surface area contributed by atoms with Gasteiger partial charge in [0.25, 0.3) is 5.56 Å². The van der Waals surface area contributed by atoms with Gasteiger partial charge in [-0.1, -0.05) is 31.7 Å². The second-order valence-electron chi connectivity index (χ2n) is 6.94. The van der Waals surface area contributed by atoms with Gasteiger partial charge in [0.15, 0.2) is 0 Å². The number of fused-ring (bicyclic) bond motifs is 1. The molecule has 1 fully saturated rings. The van der Waals surface area contributed by atoms with Crippen molar-refractivity contribution in [3.05, 3.63) is 52.8 Å². The third-order valence-electron chi connectivity index (χ3n) is 5.15. The van der Waals surface area contributed by atoms with Crippen LogP contribution in [-0.2, 0) is 16.1 Å². The number of hydrogen-bond donors (Lipinski definition) is 0. The van der Waals surface area contributed by atoms with Crippen molar-refractivity contribution in [2.24, 2.45) is 0 Å². The molecule has 1 amide bonds. The molecule has 1 aromatic heterocycles. The molecule has 7 nitrogen and oxygen atoms in total. The van der Waals surface area contributed by atoms with E-state index in [1.165, 1.54) is 6.08 Å².